The smallest absolute Gasteiger partial charge is 0.220 e. The van der Waals surface area contributed by atoms with E-state index in [1.165, 1.54) is 12.1 Å². The summed E-state index contributed by atoms with van der Waals surface area (Å²) >= 11 is 0. The molecule has 0 radical (unpaired) electrons. The van der Waals surface area contributed by atoms with Crippen LogP contribution in [0.1, 0.15) is 25.1 Å². The number of fused-ring (bicyclic) bond motifs is 2. The molecule has 1 aliphatic rings. The van der Waals surface area contributed by atoms with Crippen molar-refractivity contribution in [3.63, 3.8) is 0 Å². The largest absolute Gasteiger partial charge is 0.382 e. The van der Waals surface area contributed by atoms with Gasteiger partial charge in [-0.1, -0.05) is 19.9 Å². The van der Waals surface area contributed by atoms with Crippen LogP contribution in [0.15, 0.2) is 61.1 Å². The van der Waals surface area contributed by atoms with E-state index in [1.807, 2.05) is 37.4 Å². The van der Waals surface area contributed by atoms with Crippen molar-refractivity contribution in [1.29, 1.82) is 0 Å². The van der Waals surface area contributed by atoms with Gasteiger partial charge in [0.15, 0.2) is 0 Å². The van der Waals surface area contributed by atoms with Crippen molar-refractivity contribution in [2.45, 2.75) is 26.2 Å². The monoisotopic (exact) mass is 477 g/mol. The molecular weight excluding hydrogens is 453 g/mol. The summed E-state index contributed by atoms with van der Waals surface area (Å²) in [5.74, 6) is -0.167. The lowest BCUT2D eigenvalue weighted by Crippen LogP contribution is -2.19. The highest BCUT2D eigenvalue weighted by molar-refractivity contribution is 6.06. The minimum atomic E-state index is -0.347. The standard InChI is InChI=1S/C28H24FN7/c1-15-22(17-8-7-16(29)12-21(17)35-24(15)20-6-4-5-10-31-20)23-18(19-9-11-32-27(30)36-19)13-33-26-25(23)34-14-28(26,2)3/h4-13,34H,14H2,1-3H3,(H2,30,32,36). The van der Waals surface area contributed by atoms with Gasteiger partial charge in [0, 0.05) is 53.1 Å². The lowest BCUT2D eigenvalue weighted by molar-refractivity contribution is 0.569. The first kappa shape index (κ1) is 22.0. The third-order valence-corrected chi connectivity index (χ3v) is 6.73. The number of nitrogens with two attached hydrogens (primary N) is 1. The fourth-order valence-corrected chi connectivity index (χ4v) is 4.98. The first-order valence-electron chi connectivity index (χ1n) is 11.7. The number of anilines is 2. The maximum Gasteiger partial charge on any atom is 0.220 e. The van der Waals surface area contributed by atoms with Crippen LogP contribution in [-0.4, -0.2) is 31.5 Å². The van der Waals surface area contributed by atoms with Crippen LogP contribution < -0.4 is 11.1 Å². The average Bonchev–Trinajstić information content (AvgIpc) is 3.18. The zero-order valence-corrected chi connectivity index (χ0v) is 20.2. The molecule has 0 saturated heterocycles. The number of pyridine rings is 3. The molecule has 0 saturated carbocycles. The van der Waals surface area contributed by atoms with Crippen molar-refractivity contribution in [3.05, 3.63) is 78.1 Å². The summed E-state index contributed by atoms with van der Waals surface area (Å²) in [5, 5.41) is 4.43. The number of hydrogen-bond donors (Lipinski definition) is 2. The van der Waals surface area contributed by atoms with Gasteiger partial charge in [0.2, 0.25) is 5.95 Å². The summed E-state index contributed by atoms with van der Waals surface area (Å²) in [6, 6.07) is 12.2. The van der Waals surface area contributed by atoms with E-state index in [2.05, 4.69) is 34.1 Å². The Hall–Kier alpha value is -4.46. The number of rotatable bonds is 3. The van der Waals surface area contributed by atoms with Crippen LogP contribution in [0, 0.1) is 12.7 Å². The zero-order valence-electron chi connectivity index (χ0n) is 20.2. The summed E-state index contributed by atoms with van der Waals surface area (Å²) < 4.78 is 14.4. The molecule has 6 rings (SSSR count). The van der Waals surface area contributed by atoms with E-state index in [0.717, 1.165) is 45.6 Å². The molecule has 178 valence electrons. The Balaban J connectivity index is 1.78. The predicted molar refractivity (Wildman–Crippen MR) is 140 cm³/mol. The Morgan fingerprint density at radius 2 is 1.81 bits per heavy atom. The second-order valence-corrected chi connectivity index (χ2v) is 9.64. The van der Waals surface area contributed by atoms with E-state index in [1.54, 1.807) is 18.5 Å². The topological polar surface area (TPSA) is 102 Å². The highest BCUT2D eigenvalue weighted by Gasteiger charge is 2.35. The van der Waals surface area contributed by atoms with Crippen molar-refractivity contribution in [1.82, 2.24) is 24.9 Å². The van der Waals surface area contributed by atoms with Crippen molar-refractivity contribution in [2.75, 3.05) is 17.6 Å². The molecule has 1 aromatic carbocycles. The highest BCUT2D eigenvalue weighted by Crippen LogP contribution is 2.49. The van der Waals surface area contributed by atoms with Gasteiger partial charge in [0.25, 0.3) is 0 Å². The molecule has 0 bridgehead atoms. The minimum absolute atomic E-state index is 0.167. The first-order chi connectivity index (χ1) is 17.3. The van der Waals surface area contributed by atoms with E-state index in [4.69, 9.17) is 15.7 Å². The van der Waals surface area contributed by atoms with Gasteiger partial charge in [-0.25, -0.2) is 19.3 Å². The number of nitrogens with zero attached hydrogens (tertiary/aromatic N) is 5. The molecule has 4 aromatic heterocycles. The summed E-state index contributed by atoms with van der Waals surface area (Å²) in [7, 11) is 0. The molecule has 7 nitrogen and oxygen atoms in total. The third-order valence-electron chi connectivity index (χ3n) is 6.73. The normalized spacial score (nSPS) is 14.0. The number of hydrogen-bond acceptors (Lipinski definition) is 7. The van der Waals surface area contributed by atoms with Gasteiger partial charge in [-0.3, -0.25) is 9.97 Å². The Labute approximate surface area is 207 Å². The Bertz CT molecular complexity index is 1650. The molecule has 0 atom stereocenters. The fourth-order valence-electron chi connectivity index (χ4n) is 4.98. The van der Waals surface area contributed by atoms with Gasteiger partial charge in [0.05, 0.1) is 34.0 Å². The lowest BCUT2D eigenvalue weighted by Gasteiger charge is -2.21. The Morgan fingerprint density at radius 3 is 2.58 bits per heavy atom. The van der Waals surface area contributed by atoms with Crippen molar-refractivity contribution in [2.24, 2.45) is 0 Å². The van der Waals surface area contributed by atoms with Crippen LogP contribution in [0.2, 0.25) is 0 Å². The van der Waals surface area contributed by atoms with Crippen LogP contribution in [0.5, 0.6) is 0 Å². The molecule has 8 heteroatoms. The molecule has 3 N–H and O–H groups in total. The molecule has 1 aliphatic heterocycles. The maximum atomic E-state index is 14.4. The van der Waals surface area contributed by atoms with E-state index in [0.29, 0.717) is 22.6 Å². The molecule has 0 aliphatic carbocycles. The van der Waals surface area contributed by atoms with Gasteiger partial charge in [-0.05, 0) is 48.4 Å². The average molecular weight is 478 g/mol. The van der Waals surface area contributed by atoms with E-state index < -0.39 is 0 Å². The molecule has 5 heterocycles. The van der Waals surface area contributed by atoms with Crippen LogP contribution in [0.25, 0.3) is 44.7 Å². The molecule has 36 heavy (non-hydrogen) atoms. The molecule has 0 spiro atoms. The number of nitrogens with one attached hydrogen (secondary N) is 1. The number of aromatic nitrogens is 5. The summed E-state index contributed by atoms with van der Waals surface area (Å²) in [6.07, 6.45) is 5.22. The summed E-state index contributed by atoms with van der Waals surface area (Å²) in [5.41, 5.74) is 13.9. The number of halogens is 1. The minimum Gasteiger partial charge on any atom is -0.382 e. The highest BCUT2D eigenvalue weighted by atomic mass is 19.1. The molecule has 0 amide bonds. The van der Waals surface area contributed by atoms with Crippen LogP contribution >= 0.6 is 0 Å². The predicted octanol–water partition coefficient (Wildman–Crippen LogP) is 5.55. The Kier molecular flexibility index (Phi) is 4.93. The van der Waals surface area contributed by atoms with Gasteiger partial charge in [-0.15, -0.1) is 0 Å². The van der Waals surface area contributed by atoms with Crippen molar-refractivity contribution in [3.8, 4) is 33.8 Å². The molecule has 5 aromatic rings. The fraction of sp³-hybridized carbons (Fsp3) is 0.179. The van der Waals surface area contributed by atoms with Crippen LogP contribution in [-0.2, 0) is 5.41 Å². The second kappa shape index (κ2) is 8.05. The van der Waals surface area contributed by atoms with Gasteiger partial charge < -0.3 is 11.1 Å². The molecule has 0 unspecified atom stereocenters. The quantitative estimate of drug-likeness (QED) is 0.351. The Morgan fingerprint density at radius 1 is 0.944 bits per heavy atom. The zero-order chi connectivity index (χ0) is 25.0. The van der Waals surface area contributed by atoms with Crippen molar-refractivity contribution >= 4 is 22.5 Å². The molecule has 0 fully saturated rings. The van der Waals surface area contributed by atoms with E-state index in [9.17, 15) is 4.39 Å². The van der Waals surface area contributed by atoms with Gasteiger partial charge >= 0.3 is 0 Å². The van der Waals surface area contributed by atoms with E-state index in [-0.39, 0.29) is 17.2 Å². The van der Waals surface area contributed by atoms with Crippen molar-refractivity contribution < 1.29 is 4.39 Å². The first-order valence-corrected chi connectivity index (χ1v) is 11.7. The van der Waals surface area contributed by atoms with Crippen LogP contribution in [0.3, 0.4) is 0 Å². The third kappa shape index (κ3) is 3.45. The van der Waals surface area contributed by atoms with Crippen LogP contribution in [0.4, 0.5) is 16.0 Å². The summed E-state index contributed by atoms with van der Waals surface area (Å²) in [6.45, 7) is 7.09. The molecular formula is C28H24FN7. The summed E-state index contributed by atoms with van der Waals surface area (Å²) in [4.78, 5) is 22.8. The second-order valence-electron chi connectivity index (χ2n) is 9.64. The number of benzene rings is 1. The van der Waals surface area contributed by atoms with Gasteiger partial charge in [-0.2, -0.15) is 0 Å². The van der Waals surface area contributed by atoms with Gasteiger partial charge in [0.1, 0.15) is 5.82 Å². The maximum absolute atomic E-state index is 14.4. The SMILES string of the molecule is Cc1c(-c2ccccn2)nc2cc(F)ccc2c1-c1c(-c2ccnc(N)n2)cnc2c1NCC2(C)C. The number of nitrogen functional groups attached to an aromatic ring is 1. The van der Waals surface area contributed by atoms with E-state index >= 15 is 0 Å². The lowest BCUT2D eigenvalue weighted by atomic mass is 9.86.